The highest BCUT2D eigenvalue weighted by Gasteiger charge is 2.21. The number of phenolic OH excluding ortho intramolecular Hbond substituents is 1. The van der Waals surface area contributed by atoms with Crippen LogP contribution in [-0.2, 0) is 13.0 Å². The fraction of sp³-hybridized carbons (Fsp3) is 0.294. The molecule has 0 saturated carbocycles. The van der Waals surface area contributed by atoms with E-state index in [0.29, 0.717) is 18.3 Å². The van der Waals surface area contributed by atoms with Crippen LogP contribution in [0.25, 0.3) is 0 Å². The summed E-state index contributed by atoms with van der Waals surface area (Å²) < 4.78 is 5.09. The Labute approximate surface area is 119 Å². The molecular formula is C17H19NO2. The molecule has 1 atom stereocenters. The lowest BCUT2D eigenvalue weighted by Crippen LogP contribution is -2.18. The average molecular weight is 269 g/mol. The third kappa shape index (κ3) is 2.49. The highest BCUT2D eigenvalue weighted by Crippen LogP contribution is 2.31. The third-order valence-corrected chi connectivity index (χ3v) is 3.96. The molecule has 3 heteroatoms. The fourth-order valence-electron chi connectivity index (χ4n) is 2.82. The standard InChI is InChI=1S/C17H19NO2/c1-20-14-8-6-13(17(19)10-14)11-18-16-9-7-12-4-2-3-5-15(12)16/h2-6,8,10,16,18-19H,7,9,11H2,1H3. The first-order valence-electron chi connectivity index (χ1n) is 6.95. The summed E-state index contributed by atoms with van der Waals surface area (Å²) in [6.45, 7) is 0.662. The van der Waals surface area contributed by atoms with Gasteiger partial charge in [-0.15, -0.1) is 0 Å². The molecular weight excluding hydrogens is 250 g/mol. The molecule has 3 rings (SSSR count). The molecule has 0 heterocycles. The molecule has 0 amide bonds. The largest absolute Gasteiger partial charge is 0.507 e. The van der Waals surface area contributed by atoms with Crippen molar-refractivity contribution in [1.29, 1.82) is 0 Å². The first-order chi connectivity index (χ1) is 9.78. The Kier molecular flexibility index (Phi) is 3.61. The minimum absolute atomic E-state index is 0.281. The van der Waals surface area contributed by atoms with Gasteiger partial charge in [0.05, 0.1) is 7.11 Å². The van der Waals surface area contributed by atoms with Gasteiger partial charge in [0.25, 0.3) is 0 Å². The predicted octanol–water partition coefficient (Wildman–Crippen LogP) is 3.18. The average Bonchev–Trinajstić information content (AvgIpc) is 2.89. The summed E-state index contributed by atoms with van der Waals surface area (Å²) >= 11 is 0. The van der Waals surface area contributed by atoms with Crippen molar-refractivity contribution in [3.8, 4) is 11.5 Å². The van der Waals surface area contributed by atoms with Gasteiger partial charge in [0.2, 0.25) is 0 Å². The molecule has 0 bridgehead atoms. The SMILES string of the molecule is COc1ccc(CNC2CCc3ccccc32)c(O)c1. The molecule has 2 aromatic rings. The highest BCUT2D eigenvalue weighted by atomic mass is 16.5. The number of benzene rings is 2. The lowest BCUT2D eigenvalue weighted by molar-refractivity contribution is 0.405. The van der Waals surface area contributed by atoms with Gasteiger partial charge in [-0.25, -0.2) is 0 Å². The third-order valence-electron chi connectivity index (χ3n) is 3.96. The number of hydrogen-bond acceptors (Lipinski definition) is 3. The number of aryl methyl sites for hydroxylation is 1. The van der Waals surface area contributed by atoms with Gasteiger partial charge in [-0.1, -0.05) is 30.3 Å². The van der Waals surface area contributed by atoms with Gasteiger partial charge in [-0.05, 0) is 30.0 Å². The predicted molar refractivity (Wildman–Crippen MR) is 79.0 cm³/mol. The fourth-order valence-corrected chi connectivity index (χ4v) is 2.82. The zero-order valence-electron chi connectivity index (χ0n) is 11.6. The second kappa shape index (κ2) is 5.55. The molecule has 0 fully saturated rings. The van der Waals surface area contributed by atoms with Crippen LogP contribution < -0.4 is 10.1 Å². The van der Waals surface area contributed by atoms with Crippen molar-refractivity contribution in [1.82, 2.24) is 5.32 Å². The first kappa shape index (κ1) is 13.0. The maximum atomic E-state index is 9.97. The number of rotatable bonds is 4. The van der Waals surface area contributed by atoms with E-state index in [1.54, 1.807) is 13.2 Å². The van der Waals surface area contributed by atoms with Crippen molar-refractivity contribution in [3.63, 3.8) is 0 Å². The summed E-state index contributed by atoms with van der Waals surface area (Å²) in [6, 6.07) is 14.4. The number of nitrogens with one attached hydrogen (secondary N) is 1. The zero-order valence-corrected chi connectivity index (χ0v) is 11.6. The van der Waals surface area contributed by atoms with Crippen molar-refractivity contribution < 1.29 is 9.84 Å². The molecule has 104 valence electrons. The van der Waals surface area contributed by atoms with E-state index < -0.39 is 0 Å². The molecule has 0 spiro atoms. The number of fused-ring (bicyclic) bond motifs is 1. The quantitative estimate of drug-likeness (QED) is 0.895. The van der Waals surface area contributed by atoms with Gasteiger partial charge in [-0.2, -0.15) is 0 Å². The van der Waals surface area contributed by atoms with Gasteiger partial charge < -0.3 is 15.2 Å². The highest BCUT2D eigenvalue weighted by molar-refractivity contribution is 5.40. The summed E-state index contributed by atoms with van der Waals surface area (Å²) in [7, 11) is 1.60. The number of hydrogen-bond donors (Lipinski definition) is 2. The minimum Gasteiger partial charge on any atom is -0.507 e. The minimum atomic E-state index is 0.281. The number of ether oxygens (including phenoxy) is 1. The van der Waals surface area contributed by atoms with Gasteiger partial charge in [0.1, 0.15) is 11.5 Å². The van der Waals surface area contributed by atoms with Gasteiger partial charge in [0, 0.05) is 24.2 Å². The Morgan fingerprint density at radius 3 is 2.90 bits per heavy atom. The van der Waals surface area contributed by atoms with Crippen molar-refractivity contribution in [2.75, 3.05) is 7.11 Å². The molecule has 1 unspecified atom stereocenters. The van der Waals surface area contributed by atoms with Crippen LogP contribution in [0.3, 0.4) is 0 Å². The summed E-state index contributed by atoms with van der Waals surface area (Å²) in [5, 5.41) is 13.5. The molecule has 2 N–H and O–H groups in total. The van der Waals surface area contributed by atoms with Crippen molar-refractivity contribution >= 4 is 0 Å². The number of phenols is 1. The lowest BCUT2D eigenvalue weighted by atomic mass is 10.1. The van der Waals surface area contributed by atoms with Crippen LogP contribution in [0.15, 0.2) is 42.5 Å². The maximum absolute atomic E-state index is 9.97. The van der Waals surface area contributed by atoms with Crippen LogP contribution in [0.1, 0.15) is 29.2 Å². The maximum Gasteiger partial charge on any atom is 0.123 e. The van der Waals surface area contributed by atoms with Crippen LogP contribution in [0.4, 0.5) is 0 Å². The van der Waals surface area contributed by atoms with Crippen molar-refractivity contribution in [2.45, 2.75) is 25.4 Å². The number of methoxy groups -OCH3 is 1. The van der Waals surface area contributed by atoms with E-state index in [1.165, 1.54) is 11.1 Å². The zero-order chi connectivity index (χ0) is 13.9. The molecule has 0 aromatic heterocycles. The lowest BCUT2D eigenvalue weighted by Gasteiger charge is -2.15. The van der Waals surface area contributed by atoms with Crippen LogP contribution in [0.2, 0.25) is 0 Å². The van der Waals surface area contributed by atoms with E-state index in [2.05, 4.69) is 29.6 Å². The molecule has 1 aliphatic carbocycles. The van der Waals surface area contributed by atoms with E-state index in [0.717, 1.165) is 18.4 Å². The van der Waals surface area contributed by atoms with Crippen LogP contribution in [0, 0.1) is 0 Å². The van der Waals surface area contributed by atoms with Crippen LogP contribution in [-0.4, -0.2) is 12.2 Å². The second-order valence-corrected chi connectivity index (χ2v) is 5.17. The smallest absolute Gasteiger partial charge is 0.123 e. The van der Waals surface area contributed by atoms with Crippen LogP contribution >= 0.6 is 0 Å². The molecule has 0 saturated heterocycles. The monoisotopic (exact) mass is 269 g/mol. The Bertz CT molecular complexity index is 610. The first-order valence-corrected chi connectivity index (χ1v) is 6.95. The Hall–Kier alpha value is -2.00. The van der Waals surface area contributed by atoms with Gasteiger partial charge in [-0.3, -0.25) is 0 Å². The Balaban J connectivity index is 1.69. The summed E-state index contributed by atoms with van der Waals surface area (Å²) in [4.78, 5) is 0. The molecule has 0 radical (unpaired) electrons. The Morgan fingerprint density at radius 1 is 1.25 bits per heavy atom. The molecule has 1 aliphatic rings. The van der Waals surface area contributed by atoms with Gasteiger partial charge in [0.15, 0.2) is 0 Å². The van der Waals surface area contributed by atoms with Gasteiger partial charge >= 0.3 is 0 Å². The number of aromatic hydroxyl groups is 1. The van der Waals surface area contributed by atoms with Crippen LogP contribution in [0.5, 0.6) is 11.5 Å². The topological polar surface area (TPSA) is 41.5 Å². The van der Waals surface area contributed by atoms with E-state index >= 15 is 0 Å². The van der Waals surface area contributed by atoms with Crippen molar-refractivity contribution in [2.24, 2.45) is 0 Å². The normalized spacial score (nSPS) is 16.9. The summed E-state index contributed by atoms with van der Waals surface area (Å²) in [5.74, 6) is 0.959. The summed E-state index contributed by atoms with van der Waals surface area (Å²) in [5.41, 5.74) is 3.72. The second-order valence-electron chi connectivity index (χ2n) is 5.17. The molecule has 0 aliphatic heterocycles. The van der Waals surface area contributed by atoms with E-state index in [-0.39, 0.29) is 5.75 Å². The molecule has 20 heavy (non-hydrogen) atoms. The van der Waals surface area contributed by atoms with E-state index in [4.69, 9.17) is 4.74 Å². The summed E-state index contributed by atoms with van der Waals surface area (Å²) in [6.07, 6.45) is 2.25. The van der Waals surface area contributed by atoms with E-state index in [1.807, 2.05) is 12.1 Å². The Morgan fingerprint density at radius 2 is 2.10 bits per heavy atom. The van der Waals surface area contributed by atoms with E-state index in [9.17, 15) is 5.11 Å². The molecule has 3 nitrogen and oxygen atoms in total. The molecule has 2 aromatic carbocycles. The van der Waals surface area contributed by atoms with Crippen molar-refractivity contribution in [3.05, 3.63) is 59.2 Å².